The van der Waals surface area contributed by atoms with Gasteiger partial charge in [-0.25, -0.2) is 4.79 Å². The summed E-state index contributed by atoms with van der Waals surface area (Å²) in [5, 5.41) is 3.88. The number of anilines is 2. The molecule has 1 aromatic rings. The van der Waals surface area contributed by atoms with E-state index in [0.717, 1.165) is 19.5 Å². The fraction of sp³-hybridized carbons (Fsp3) is 0.571. The Morgan fingerprint density at radius 2 is 2.24 bits per heavy atom. The van der Waals surface area contributed by atoms with E-state index in [9.17, 15) is 9.59 Å². The Labute approximate surface area is 128 Å². The van der Waals surface area contributed by atoms with Gasteiger partial charge < -0.3 is 20.7 Å². The zero-order valence-corrected chi connectivity index (χ0v) is 13.4. The van der Waals surface area contributed by atoms with Crippen LogP contribution < -0.4 is 11.1 Å². The van der Waals surface area contributed by atoms with Crippen molar-refractivity contribution >= 4 is 33.8 Å². The number of methoxy groups -OCH3 is 1. The minimum Gasteiger partial charge on any atom is -0.465 e. The molecule has 0 radical (unpaired) electrons. The number of ketones is 1. The van der Waals surface area contributed by atoms with Crippen molar-refractivity contribution < 1.29 is 14.3 Å². The van der Waals surface area contributed by atoms with Crippen molar-refractivity contribution in [2.24, 2.45) is 0 Å². The standard InChI is InChI=1S/C14H21N3O3S/c1-8(18)12-11(15)10(14(19)20-3)13(21-12)16-7-9-5-4-6-17(9)2/h9,16H,4-7,15H2,1-3H3. The van der Waals surface area contributed by atoms with Gasteiger partial charge in [0.05, 0.1) is 17.7 Å². The lowest BCUT2D eigenvalue weighted by atomic mass is 10.2. The molecule has 0 bridgehead atoms. The van der Waals surface area contributed by atoms with Crippen LogP contribution in [0.25, 0.3) is 0 Å². The summed E-state index contributed by atoms with van der Waals surface area (Å²) >= 11 is 1.22. The summed E-state index contributed by atoms with van der Waals surface area (Å²) in [6.45, 7) is 3.25. The van der Waals surface area contributed by atoms with Crippen molar-refractivity contribution in [2.75, 3.05) is 38.3 Å². The summed E-state index contributed by atoms with van der Waals surface area (Å²) in [4.78, 5) is 26.2. The maximum Gasteiger partial charge on any atom is 0.343 e. The second kappa shape index (κ2) is 6.44. The van der Waals surface area contributed by atoms with Gasteiger partial charge in [0.1, 0.15) is 10.6 Å². The van der Waals surface area contributed by atoms with E-state index in [1.54, 1.807) is 0 Å². The van der Waals surface area contributed by atoms with E-state index < -0.39 is 5.97 Å². The van der Waals surface area contributed by atoms with Gasteiger partial charge >= 0.3 is 5.97 Å². The number of hydrogen-bond donors (Lipinski definition) is 2. The van der Waals surface area contributed by atoms with Crippen molar-refractivity contribution in [3.05, 3.63) is 10.4 Å². The number of thiophene rings is 1. The Morgan fingerprint density at radius 3 is 2.76 bits per heavy atom. The number of carbonyl (C=O) groups excluding carboxylic acids is 2. The Hall–Kier alpha value is -1.60. The molecule has 2 rings (SSSR count). The summed E-state index contributed by atoms with van der Waals surface area (Å²) < 4.78 is 4.77. The monoisotopic (exact) mass is 311 g/mol. The number of nitrogen functional groups attached to an aromatic ring is 1. The number of nitrogens with one attached hydrogen (secondary N) is 1. The van der Waals surface area contributed by atoms with Crippen LogP contribution in [-0.2, 0) is 4.74 Å². The highest BCUT2D eigenvalue weighted by atomic mass is 32.1. The number of nitrogens with zero attached hydrogens (tertiary/aromatic N) is 1. The Bertz CT molecular complexity index is 556. The van der Waals surface area contributed by atoms with E-state index in [1.165, 1.54) is 31.8 Å². The molecule has 0 amide bonds. The third-order valence-corrected chi connectivity index (χ3v) is 5.09. The SMILES string of the molecule is COC(=O)c1c(NCC2CCCN2C)sc(C(C)=O)c1N. The highest BCUT2D eigenvalue weighted by Crippen LogP contribution is 2.36. The molecule has 1 unspecified atom stereocenters. The molecule has 1 aromatic heterocycles. The van der Waals surface area contributed by atoms with Crippen molar-refractivity contribution in [1.29, 1.82) is 0 Å². The number of hydrogen-bond acceptors (Lipinski definition) is 7. The van der Waals surface area contributed by atoms with Gasteiger partial charge in [-0.05, 0) is 26.4 Å². The van der Waals surface area contributed by atoms with E-state index in [2.05, 4.69) is 17.3 Å². The van der Waals surface area contributed by atoms with Gasteiger partial charge in [0.2, 0.25) is 0 Å². The number of likely N-dealkylation sites (N-methyl/N-ethyl adjacent to an activating group) is 1. The summed E-state index contributed by atoms with van der Waals surface area (Å²) in [5.41, 5.74) is 6.41. The van der Waals surface area contributed by atoms with Crippen LogP contribution in [0.5, 0.6) is 0 Å². The maximum atomic E-state index is 11.9. The van der Waals surface area contributed by atoms with Crippen LogP contribution in [0.3, 0.4) is 0 Å². The second-order valence-electron chi connectivity index (χ2n) is 5.25. The van der Waals surface area contributed by atoms with E-state index >= 15 is 0 Å². The molecule has 2 heterocycles. The average Bonchev–Trinajstić information content (AvgIpc) is 2.99. The molecule has 1 aliphatic rings. The van der Waals surface area contributed by atoms with Crippen LogP contribution >= 0.6 is 11.3 Å². The first-order valence-electron chi connectivity index (χ1n) is 6.91. The molecule has 0 saturated carbocycles. The summed E-state index contributed by atoms with van der Waals surface area (Å²) in [6.07, 6.45) is 2.30. The number of likely N-dealkylation sites (tertiary alicyclic amines) is 1. The molecule has 1 atom stereocenters. The number of ether oxygens (including phenoxy) is 1. The van der Waals surface area contributed by atoms with Crippen LogP contribution in [-0.4, -0.2) is 49.9 Å². The van der Waals surface area contributed by atoms with Crippen molar-refractivity contribution in [2.45, 2.75) is 25.8 Å². The first-order chi connectivity index (χ1) is 9.95. The quantitative estimate of drug-likeness (QED) is 0.637. The molecule has 1 aliphatic heterocycles. The number of carbonyl (C=O) groups is 2. The third-order valence-electron chi connectivity index (χ3n) is 3.82. The highest BCUT2D eigenvalue weighted by molar-refractivity contribution is 7.19. The molecule has 1 saturated heterocycles. The predicted octanol–water partition coefficient (Wildman–Crippen LogP) is 1.83. The van der Waals surface area contributed by atoms with Gasteiger partial charge in [-0.1, -0.05) is 0 Å². The Morgan fingerprint density at radius 1 is 1.52 bits per heavy atom. The van der Waals surface area contributed by atoms with E-state index in [1.807, 2.05) is 0 Å². The fourth-order valence-corrected chi connectivity index (χ4v) is 3.59. The highest BCUT2D eigenvalue weighted by Gasteiger charge is 2.26. The van der Waals surface area contributed by atoms with Crippen LogP contribution in [0.2, 0.25) is 0 Å². The molecule has 21 heavy (non-hydrogen) atoms. The van der Waals surface area contributed by atoms with Crippen molar-refractivity contribution in [3.8, 4) is 0 Å². The molecular weight excluding hydrogens is 290 g/mol. The Kier molecular flexibility index (Phi) is 4.84. The molecule has 0 aliphatic carbocycles. The van der Waals surface area contributed by atoms with Gasteiger partial charge in [-0.15, -0.1) is 11.3 Å². The Balaban J connectivity index is 2.22. The summed E-state index contributed by atoms with van der Waals surface area (Å²) in [6, 6.07) is 0.430. The van der Waals surface area contributed by atoms with E-state index in [4.69, 9.17) is 10.5 Å². The van der Waals surface area contributed by atoms with Crippen LogP contribution in [0.1, 0.15) is 39.8 Å². The molecule has 7 heteroatoms. The minimum absolute atomic E-state index is 0.145. The molecular formula is C14H21N3O3S. The molecule has 1 fully saturated rings. The lowest BCUT2D eigenvalue weighted by Gasteiger charge is -2.20. The van der Waals surface area contributed by atoms with Gasteiger partial charge in [-0.2, -0.15) is 0 Å². The minimum atomic E-state index is -0.515. The largest absolute Gasteiger partial charge is 0.465 e. The molecule has 0 aromatic carbocycles. The lowest BCUT2D eigenvalue weighted by molar-refractivity contribution is 0.0603. The first-order valence-corrected chi connectivity index (χ1v) is 7.73. The first kappa shape index (κ1) is 15.8. The molecule has 116 valence electrons. The fourth-order valence-electron chi connectivity index (χ4n) is 2.58. The smallest absolute Gasteiger partial charge is 0.343 e. The van der Waals surface area contributed by atoms with E-state index in [0.29, 0.717) is 15.9 Å². The lowest BCUT2D eigenvalue weighted by Crippen LogP contribution is -2.31. The van der Waals surface area contributed by atoms with Crippen LogP contribution in [0, 0.1) is 0 Å². The molecule has 0 spiro atoms. The van der Waals surface area contributed by atoms with Gasteiger partial charge in [0, 0.05) is 19.5 Å². The number of rotatable bonds is 5. The molecule has 3 N–H and O–H groups in total. The van der Waals surface area contributed by atoms with Crippen molar-refractivity contribution in [3.63, 3.8) is 0 Å². The van der Waals surface area contributed by atoms with E-state index in [-0.39, 0.29) is 17.0 Å². The second-order valence-corrected chi connectivity index (χ2v) is 6.27. The average molecular weight is 311 g/mol. The predicted molar refractivity (Wildman–Crippen MR) is 84.2 cm³/mol. The molecule has 6 nitrogen and oxygen atoms in total. The maximum absolute atomic E-state index is 11.9. The van der Waals surface area contributed by atoms with Gasteiger partial charge in [-0.3, -0.25) is 4.79 Å². The van der Waals surface area contributed by atoms with Gasteiger partial charge in [0.25, 0.3) is 0 Å². The number of esters is 1. The topological polar surface area (TPSA) is 84.7 Å². The number of Topliss-reactive ketones (excluding diaryl/α,β-unsaturated/α-hetero) is 1. The van der Waals surface area contributed by atoms with Crippen LogP contribution in [0.15, 0.2) is 0 Å². The normalized spacial score (nSPS) is 18.7. The zero-order chi connectivity index (χ0) is 15.6. The van der Waals surface area contributed by atoms with Gasteiger partial charge in [0.15, 0.2) is 5.78 Å². The third kappa shape index (κ3) is 3.19. The van der Waals surface area contributed by atoms with Crippen molar-refractivity contribution in [1.82, 2.24) is 4.90 Å². The van der Waals surface area contributed by atoms with Crippen LogP contribution in [0.4, 0.5) is 10.7 Å². The number of nitrogens with two attached hydrogens (primary N) is 1. The zero-order valence-electron chi connectivity index (χ0n) is 12.6. The summed E-state index contributed by atoms with van der Waals surface area (Å²) in [5.74, 6) is -0.660. The summed E-state index contributed by atoms with van der Waals surface area (Å²) in [7, 11) is 3.39.